The summed E-state index contributed by atoms with van der Waals surface area (Å²) in [4.78, 5) is 0. The summed E-state index contributed by atoms with van der Waals surface area (Å²) >= 11 is 0. The number of rotatable bonds is 5. The molecule has 19 heavy (non-hydrogen) atoms. The van der Waals surface area contributed by atoms with Crippen molar-refractivity contribution >= 4 is 5.57 Å². The van der Waals surface area contributed by atoms with Gasteiger partial charge in [-0.15, -0.1) is 0 Å². The molecule has 0 bridgehead atoms. The van der Waals surface area contributed by atoms with E-state index in [4.69, 9.17) is 9.47 Å². The zero-order valence-corrected chi connectivity index (χ0v) is 11.9. The molecule has 2 rings (SSSR count). The van der Waals surface area contributed by atoms with Crippen molar-refractivity contribution in [3.63, 3.8) is 0 Å². The van der Waals surface area contributed by atoms with Crippen LogP contribution >= 0.6 is 0 Å². The summed E-state index contributed by atoms with van der Waals surface area (Å²) in [5, 5.41) is 3.32. The van der Waals surface area contributed by atoms with Crippen molar-refractivity contribution in [1.82, 2.24) is 5.32 Å². The summed E-state index contributed by atoms with van der Waals surface area (Å²) in [5.74, 6) is 1.73. The molecule has 1 aromatic rings. The molecule has 0 saturated carbocycles. The summed E-state index contributed by atoms with van der Waals surface area (Å²) in [6.07, 6.45) is 4.26. The molecule has 1 aliphatic heterocycles. The fourth-order valence-electron chi connectivity index (χ4n) is 2.09. The maximum Gasteiger partial charge on any atom is 0.161 e. The number of hydrogen-bond donors (Lipinski definition) is 1. The van der Waals surface area contributed by atoms with E-state index in [9.17, 15) is 0 Å². The third kappa shape index (κ3) is 4.00. The van der Waals surface area contributed by atoms with Crippen LogP contribution in [0.25, 0.3) is 5.57 Å². The number of ether oxygens (including phenoxy) is 2. The summed E-state index contributed by atoms with van der Waals surface area (Å²) in [6.45, 7) is 7.80. The second-order valence-electron chi connectivity index (χ2n) is 4.74. The first-order chi connectivity index (χ1) is 9.31. The van der Waals surface area contributed by atoms with Crippen molar-refractivity contribution in [1.29, 1.82) is 0 Å². The van der Waals surface area contributed by atoms with Crippen LogP contribution in [0.5, 0.6) is 11.5 Å². The minimum Gasteiger partial charge on any atom is -0.490 e. The predicted octanol–water partition coefficient (Wildman–Crippen LogP) is 3.25. The highest BCUT2D eigenvalue weighted by Gasteiger charge is 2.10. The Labute approximate surface area is 115 Å². The van der Waals surface area contributed by atoms with E-state index in [1.807, 2.05) is 6.07 Å². The second-order valence-corrected chi connectivity index (χ2v) is 4.74. The normalized spacial score (nSPS) is 15.2. The highest BCUT2D eigenvalue weighted by atomic mass is 16.5. The van der Waals surface area contributed by atoms with Crippen molar-refractivity contribution in [2.45, 2.75) is 26.7 Å². The Balaban J connectivity index is 2.05. The van der Waals surface area contributed by atoms with Gasteiger partial charge in [0.15, 0.2) is 11.5 Å². The van der Waals surface area contributed by atoms with Crippen molar-refractivity contribution in [2.75, 3.05) is 26.3 Å². The SMILES string of the molecule is CCNCCC=C(C)c1ccc2c(c1)OCCCO2. The summed E-state index contributed by atoms with van der Waals surface area (Å²) < 4.78 is 11.4. The Morgan fingerprint density at radius 1 is 1.26 bits per heavy atom. The van der Waals surface area contributed by atoms with Crippen LogP contribution in [-0.4, -0.2) is 26.3 Å². The van der Waals surface area contributed by atoms with Gasteiger partial charge in [0.25, 0.3) is 0 Å². The van der Waals surface area contributed by atoms with Crippen LogP contribution in [0.4, 0.5) is 0 Å². The Morgan fingerprint density at radius 2 is 2.05 bits per heavy atom. The van der Waals surface area contributed by atoms with Crippen LogP contribution in [0.3, 0.4) is 0 Å². The molecule has 0 radical (unpaired) electrons. The largest absolute Gasteiger partial charge is 0.490 e. The summed E-state index contributed by atoms with van der Waals surface area (Å²) in [5.41, 5.74) is 2.49. The molecule has 0 aliphatic carbocycles. The number of fused-ring (bicyclic) bond motifs is 1. The molecular weight excluding hydrogens is 238 g/mol. The van der Waals surface area contributed by atoms with Crippen molar-refractivity contribution < 1.29 is 9.47 Å². The highest BCUT2D eigenvalue weighted by Crippen LogP contribution is 2.32. The van der Waals surface area contributed by atoms with E-state index in [2.05, 4.69) is 37.4 Å². The lowest BCUT2D eigenvalue weighted by Gasteiger charge is -2.10. The average molecular weight is 261 g/mol. The van der Waals surface area contributed by atoms with E-state index in [0.29, 0.717) is 0 Å². The zero-order chi connectivity index (χ0) is 13.5. The lowest BCUT2D eigenvalue weighted by molar-refractivity contribution is 0.297. The van der Waals surface area contributed by atoms with Gasteiger partial charge in [0.05, 0.1) is 13.2 Å². The minimum atomic E-state index is 0.736. The van der Waals surface area contributed by atoms with E-state index in [-0.39, 0.29) is 0 Å². The van der Waals surface area contributed by atoms with E-state index in [1.54, 1.807) is 0 Å². The van der Waals surface area contributed by atoms with Crippen LogP contribution < -0.4 is 14.8 Å². The van der Waals surface area contributed by atoms with E-state index >= 15 is 0 Å². The maximum absolute atomic E-state index is 5.72. The molecule has 104 valence electrons. The van der Waals surface area contributed by atoms with Crippen LogP contribution in [0.1, 0.15) is 32.3 Å². The van der Waals surface area contributed by atoms with Crippen molar-refractivity contribution in [3.05, 3.63) is 29.8 Å². The third-order valence-corrected chi connectivity index (χ3v) is 3.22. The Bertz CT molecular complexity index is 440. The van der Waals surface area contributed by atoms with Gasteiger partial charge in [-0.1, -0.05) is 19.1 Å². The minimum absolute atomic E-state index is 0.736. The number of hydrogen-bond acceptors (Lipinski definition) is 3. The third-order valence-electron chi connectivity index (χ3n) is 3.22. The molecule has 3 heteroatoms. The van der Waals surface area contributed by atoms with Gasteiger partial charge in [0.2, 0.25) is 0 Å². The second kappa shape index (κ2) is 7.19. The fourth-order valence-corrected chi connectivity index (χ4v) is 2.09. The van der Waals surface area contributed by atoms with Gasteiger partial charge in [-0.05, 0) is 49.7 Å². The number of allylic oxidation sites excluding steroid dienone is 1. The lowest BCUT2D eigenvalue weighted by Crippen LogP contribution is -2.13. The summed E-state index contributed by atoms with van der Waals surface area (Å²) in [6, 6.07) is 6.20. The first-order valence-corrected chi connectivity index (χ1v) is 7.08. The first-order valence-electron chi connectivity index (χ1n) is 7.08. The molecule has 1 aromatic carbocycles. The molecule has 0 atom stereocenters. The topological polar surface area (TPSA) is 30.5 Å². The smallest absolute Gasteiger partial charge is 0.161 e. The highest BCUT2D eigenvalue weighted by molar-refractivity contribution is 5.66. The quantitative estimate of drug-likeness (QED) is 0.825. The molecule has 0 saturated heterocycles. The lowest BCUT2D eigenvalue weighted by atomic mass is 10.1. The fraction of sp³-hybridized carbons (Fsp3) is 0.500. The first kappa shape index (κ1) is 13.9. The zero-order valence-electron chi connectivity index (χ0n) is 11.9. The van der Waals surface area contributed by atoms with Crippen LogP contribution in [0.2, 0.25) is 0 Å². The maximum atomic E-state index is 5.72. The molecule has 0 spiro atoms. The monoisotopic (exact) mass is 261 g/mol. The van der Waals surface area contributed by atoms with E-state index in [1.165, 1.54) is 11.1 Å². The molecule has 1 N–H and O–H groups in total. The van der Waals surface area contributed by atoms with Crippen LogP contribution in [0.15, 0.2) is 24.3 Å². The van der Waals surface area contributed by atoms with Gasteiger partial charge >= 0.3 is 0 Å². The van der Waals surface area contributed by atoms with Crippen LogP contribution in [0, 0.1) is 0 Å². The molecular formula is C16H23NO2. The molecule has 0 aromatic heterocycles. The molecule has 1 heterocycles. The van der Waals surface area contributed by atoms with Crippen LogP contribution in [-0.2, 0) is 0 Å². The molecule has 3 nitrogen and oxygen atoms in total. The predicted molar refractivity (Wildman–Crippen MR) is 78.9 cm³/mol. The van der Waals surface area contributed by atoms with Gasteiger partial charge in [-0.3, -0.25) is 0 Å². The van der Waals surface area contributed by atoms with Gasteiger partial charge < -0.3 is 14.8 Å². The summed E-state index contributed by atoms with van der Waals surface area (Å²) in [7, 11) is 0. The Morgan fingerprint density at radius 3 is 2.84 bits per heavy atom. The number of benzene rings is 1. The van der Waals surface area contributed by atoms with Gasteiger partial charge in [-0.2, -0.15) is 0 Å². The molecule has 0 amide bonds. The Hall–Kier alpha value is -1.48. The molecule has 1 aliphatic rings. The average Bonchev–Trinajstić information content (AvgIpc) is 2.67. The Kier molecular flexibility index (Phi) is 5.28. The molecule has 0 unspecified atom stereocenters. The van der Waals surface area contributed by atoms with Gasteiger partial charge in [0, 0.05) is 6.42 Å². The number of nitrogens with one attached hydrogen (secondary N) is 1. The van der Waals surface area contributed by atoms with Crippen molar-refractivity contribution in [2.24, 2.45) is 0 Å². The van der Waals surface area contributed by atoms with Gasteiger partial charge in [-0.25, -0.2) is 0 Å². The van der Waals surface area contributed by atoms with E-state index < -0.39 is 0 Å². The molecule has 0 fully saturated rings. The standard InChI is InChI=1S/C16H23NO2/c1-3-17-9-4-6-13(2)14-7-8-15-16(12-14)19-11-5-10-18-15/h6-8,12,17H,3-5,9-11H2,1-2H3. The van der Waals surface area contributed by atoms with Gasteiger partial charge in [0.1, 0.15) is 0 Å². The van der Waals surface area contributed by atoms with E-state index in [0.717, 1.165) is 50.6 Å². The van der Waals surface area contributed by atoms with Crippen molar-refractivity contribution in [3.8, 4) is 11.5 Å².